The molecule has 1 aromatic heterocycles. The topological polar surface area (TPSA) is 86.5 Å². The average molecular weight is 424 g/mol. The number of nitrogens with one attached hydrogen (secondary N) is 1. The van der Waals surface area contributed by atoms with Gasteiger partial charge in [0.15, 0.2) is 17.3 Å². The molecule has 2 aromatic carbocycles. The van der Waals surface area contributed by atoms with Crippen LogP contribution in [0.15, 0.2) is 47.0 Å². The molecule has 0 aliphatic carbocycles. The van der Waals surface area contributed by atoms with Gasteiger partial charge in [-0.3, -0.25) is 4.79 Å². The van der Waals surface area contributed by atoms with E-state index in [-0.39, 0.29) is 17.9 Å². The Morgan fingerprint density at radius 3 is 2.29 bits per heavy atom. The van der Waals surface area contributed by atoms with Crippen LogP contribution < -0.4 is 14.8 Å². The Bertz CT molecular complexity index is 1010. The third-order valence-corrected chi connectivity index (χ3v) is 4.80. The minimum atomic E-state index is -0.180. The maximum absolute atomic E-state index is 12.9. The van der Waals surface area contributed by atoms with Crippen LogP contribution in [0.25, 0.3) is 11.5 Å². The third-order valence-electron chi connectivity index (χ3n) is 4.80. The van der Waals surface area contributed by atoms with E-state index in [1.807, 2.05) is 32.0 Å². The Morgan fingerprint density at radius 2 is 1.71 bits per heavy atom. The monoisotopic (exact) mass is 423 g/mol. The van der Waals surface area contributed by atoms with Gasteiger partial charge in [-0.2, -0.15) is 4.98 Å². The number of carbonyl (C=O) groups is 1. The summed E-state index contributed by atoms with van der Waals surface area (Å²) in [6.45, 7) is 10.9. The average Bonchev–Trinajstić information content (AvgIpc) is 3.19. The number of rotatable bonds is 9. The lowest BCUT2D eigenvalue weighted by atomic mass is 9.95. The quantitative estimate of drug-likeness (QED) is 0.523. The van der Waals surface area contributed by atoms with Crippen molar-refractivity contribution < 1.29 is 18.8 Å². The van der Waals surface area contributed by atoms with Crippen LogP contribution in [-0.2, 0) is 0 Å². The molecule has 0 fully saturated rings. The van der Waals surface area contributed by atoms with Crippen LogP contribution >= 0.6 is 0 Å². The number of nitrogens with zero attached hydrogens (tertiary/aromatic N) is 2. The van der Waals surface area contributed by atoms with Gasteiger partial charge in [-0.25, -0.2) is 0 Å². The van der Waals surface area contributed by atoms with Crippen molar-refractivity contribution in [3.63, 3.8) is 0 Å². The fourth-order valence-electron chi connectivity index (χ4n) is 3.30. The van der Waals surface area contributed by atoms with Gasteiger partial charge >= 0.3 is 0 Å². The van der Waals surface area contributed by atoms with Crippen molar-refractivity contribution in [1.82, 2.24) is 15.5 Å². The van der Waals surface area contributed by atoms with Gasteiger partial charge in [0.05, 0.1) is 19.3 Å². The van der Waals surface area contributed by atoms with Crippen molar-refractivity contribution in [1.29, 1.82) is 0 Å². The maximum Gasteiger partial charge on any atom is 0.257 e. The summed E-state index contributed by atoms with van der Waals surface area (Å²) in [6.07, 6.45) is 0. The summed E-state index contributed by atoms with van der Waals surface area (Å²) in [6, 6.07) is 12.7. The van der Waals surface area contributed by atoms with E-state index >= 15 is 0 Å². The SMILES string of the molecule is CCOc1ccc([C@H](NC(=O)c2ccc(-c3nc(C)no3)cc2)C(C)C)cc1OCC. The highest BCUT2D eigenvalue weighted by atomic mass is 16.5. The van der Waals surface area contributed by atoms with E-state index in [0.717, 1.165) is 11.1 Å². The minimum absolute atomic E-state index is 0.154. The standard InChI is InChI=1S/C24H29N3O4/c1-6-29-20-13-12-19(14-21(20)30-7-2)22(15(3)4)26-23(28)17-8-10-18(11-9-17)24-25-16(5)27-31-24/h8-15,22H,6-7H2,1-5H3,(H,26,28)/t22-/m1/s1. The van der Waals surface area contributed by atoms with Crippen LogP contribution in [0.2, 0.25) is 0 Å². The molecule has 1 amide bonds. The van der Waals surface area contributed by atoms with E-state index in [0.29, 0.717) is 42.0 Å². The van der Waals surface area contributed by atoms with E-state index in [2.05, 4.69) is 29.3 Å². The zero-order valence-electron chi connectivity index (χ0n) is 18.6. The number of hydrogen-bond acceptors (Lipinski definition) is 6. The summed E-state index contributed by atoms with van der Waals surface area (Å²) in [5, 5.41) is 6.94. The first-order valence-electron chi connectivity index (χ1n) is 10.5. The summed E-state index contributed by atoms with van der Waals surface area (Å²) in [4.78, 5) is 17.2. The predicted octanol–water partition coefficient (Wildman–Crippen LogP) is 4.97. The summed E-state index contributed by atoms with van der Waals surface area (Å²) >= 11 is 0. The van der Waals surface area contributed by atoms with Crippen LogP contribution in [-0.4, -0.2) is 29.3 Å². The lowest BCUT2D eigenvalue weighted by Crippen LogP contribution is -2.31. The molecule has 0 unspecified atom stereocenters. The summed E-state index contributed by atoms with van der Waals surface area (Å²) in [5.74, 6) is 2.41. The first-order valence-corrected chi connectivity index (χ1v) is 10.5. The van der Waals surface area contributed by atoms with Crippen molar-refractivity contribution >= 4 is 5.91 Å². The molecular weight excluding hydrogens is 394 g/mol. The highest BCUT2D eigenvalue weighted by Crippen LogP contribution is 2.33. The van der Waals surface area contributed by atoms with Crippen LogP contribution in [0.1, 0.15) is 55.5 Å². The minimum Gasteiger partial charge on any atom is -0.490 e. The number of aryl methyl sites for hydroxylation is 1. The van der Waals surface area contributed by atoms with Gasteiger partial charge in [-0.1, -0.05) is 25.1 Å². The molecule has 0 saturated carbocycles. The van der Waals surface area contributed by atoms with E-state index in [9.17, 15) is 4.79 Å². The normalized spacial score (nSPS) is 11.9. The second-order valence-corrected chi connectivity index (χ2v) is 7.49. The zero-order chi connectivity index (χ0) is 22.4. The fraction of sp³-hybridized carbons (Fsp3) is 0.375. The third kappa shape index (κ3) is 5.42. The van der Waals surface area contributed by atoms with Gasteiger partial charge in [-0.05, 0) is 68.7 Å². The predicted molar refractivity (Wildman–Crippen MR) is 118 cm³/mol. The van der Waals surface area contributed by atoms with E-state index in [4.69, 9.17) is 14.0 Å². The summed E-state index contributed by atoms with van der Waals surface area (Å²) in [7, 11) is 0. The molecule has 164 valence electrons. The van der Waals surface area contributed by atoms with Crippen molar-refractivity contribution in [2.75, 3.05) is 13.2 Å². The number of hydrogen-bond donors (Lipinski definition) is 1. The molecule has 0 aliphatic rings. The first-order chi connectivity index (χ1) is 14.9. The van der Waals surface area contributed by atoms with Crippen molar-refractivity contribution in [2.24, 2.45) is 5.92 Å². The number of ether oxygens (including phenoxy) is 2. The molecular formula is C24H29N3O4. The highest BCUT2D eigenvalue weighted by molar-refractivity contribution is 5.94. The molecule has 0 saturated heterocycles. The van der Waals surface area contributed by atoms with Crippen LogP contribution in [0, 0.1) is 12.8 Å². The molecule has 7 heteroatoms. The fourth-order valence-corrected chi connectivity index (χ4v) is 3.30. The molecule has 31 heavy (non-hydrogen) atoms. The van der Waals surface area contributed by atoms with E-state index in [1.54, 1.807) is 31.2 Å². The van der Waals surface area contributed by atoms with Crippen molar-refractivity contribution in [3.8, 4) is 23.0 Å². The summed E-state index contributed by atoms with van der Waals surface area (Å²) in [5.41, 5.74) is 2.29. The second kappa shape index (κ2) is 10.1. The van der Waals surface area contributed by atoms with E-state index < -0.39 is 0 Å². The Kier molecular flexibility index (Phi) is 7.28. The van der Waals surface area contributed by atoms with Crippen LogP contribution in [0.4, 0.5) is 0 Å². The Morgan fingerprint density at radius 1 is 1.03 bits per heavy atom. The van der Waals surface area contributed by atoms with Gasteiger partial charge in [-0.15, -0.1) is 0 Å². The largest absolute Gasteiger partial charge is 0.490 e. The van der Waals surface area contributed by atoms with Gasteiger partial charge in [0.25, 0.3) is 11.8 Å². The highest BCUT2D eigenvalue weighted by Gasteiger charge is 2.21. The number of benzene rings is 2. The van der Waals surface area contributed by atoms with E-state index in [1.165, 1.54) is 0 Å². The molecule has 3 aromatic rings. The van der Waals surface area contributed by atoms with Crippen molar-refractivity contribution in [2.45, 2.75) is 40.7 Å². The second-order valence-electron chi connectivity index (χ2n) is 7.49. The molecule has 7 nitrogen and oxygen atoms in total. The first kappa shape index (κ1) is 22.3. The lowest BCUT2D eigenvalue weighted by Gasteiger charge is -2.24. The molecule has 0 radical (unpaired) electrons. The Labute approximate surface area is 182 Å². The molecule has 1 heterocycles. The number of carbonyl (C=O) groups excluding carboxylic acids is 1. The number of aromatic nitrogens is 2. The van der Waals surface area contributed by atoms with Crippen molar-refractivity contribution in [3.05, 3.63) is 59.4 Å². The van der Waals surface area contributed by atoms with Crippen LogP contribution in [0.3, 0.4) is 0 Å². The smallest absolute Gasteiger partial charge is 0.257 e. The number of amides is 1. The molecule has 0 spiro atoms. The van der Waals surface area contributed by atoms with Gasteiger partial charge in [0.2, 0.25) is 0 Å². The maximum atomic E-state index is 12.9. The van der Waals surface area contributed by atoms with Gasteiger partial charge in [0, 0.05) is 11.1 Å². The molecule has 1 N–H and O–H groups in total. The summed E-state index contributed by atoms with van der Waals surface area (Å²) < 4.78 is 16.6. The molecule has 0 bridgehead atoms. The Balaban J connectivity index is 1.79. The van der Waals surface area contributed by atoms with Crippen LogP contribution in [0.5, 0.6) is 11.5 Å². The van der Waals surface area contributed by atoms with Gasteiger partial charge < -0.3 is 19.3 Å². The lowest BCUT2D eigenvalue weighted by molar-refractivity contribution is 0.0925. The molecule has 1 atom stereocenters. The Hall–Kier alpha value is -3.35. The molecule has 3 rings (SSSR count). The zero-order valence-corrected chi connectivity index (χ0v) is 18.6. The van der Waals surface area contributed by atoms with Gasteiger partial charge in [0.1, 0.15) is 0 Å². The molecule has 0 aliphatic heterocycles.